The number of hydrogen-bond donors (Lipinski definition) is 3. The molecule has 1 aliphatic carbocycles. The maximum atomic E-state index is 12.3. The maximum absolute atomic E-state index is 12.3. The van der Waals surface area contributed by atoms with Crippen LogP contribution in [0.2, 0.25) is 0 Å². The van der Waals surface area contributed by atoms with Crippen molar-refractivity contribution in [2.75, 3.05) is 0 Å². The quantitative estimate of drug-likeness (QED) is 0.657. The summed E-state index contributed by atoms with van der Waals surface area (Å²) in [4.78, 5) is 12.3. The van der Waals surface area contributed by atoms with Gasteiger partial charge in [-0.25, -0.2) is 0 Å². The Balaban J connectivity index is 2.36. The second-order valence-electron chi connectivity index (χ2n) is 4.21. The summed E-state index contributed by atoms with van der Waals surface area (Å²) in [5, 5.41) is 29.7. The molecule has 4 nitrogen and oxygen atoms in total. The van der Waals surface area contributed by atoms with Gasteiger partial charge in [0.2, 0.25) is 5.78 Å². The summed E-state index contributed by atoms with van der Waals surface area (Å²) in [5.41, 5.74) is 0.828. The van der Waals surface area contributed by atoms with Gasteiger partial charge < -0.3 is 15.3 Å². The molecule has 90 valence electrons. The van der Waals surface area contributed by atoms with Crippen LogP contribution in [0, 0.1) is 0 Å². The van der Waals surface area contributed by atoms with Gasteiger partial charge in [-0.15, -0.1) is 0 Å². The van der Waals surface area contributed by atoms with E-state index in [9.17, 15) is 20.1 Å². The van der Waals surface area contributed by atoms with Gasteiger partial charge in [-0.2, -0.15) is 0 Å². The van der Waals surface area contributed by atoms with E-state index in [1.807, 2.05) is 0 Å². The normalized spacial score (nSPS) is 14.2. The molecule has 3 rings (SSSR count). The third-order valence-corrected chi connectivity index (χ3v) is 3.19. The number of phenolic OH excluding ortho intramolecular Hbond substituents is 2. The number of benzene rings is 2. The van der Waals surface area contributed by atoms with Crippen LogP contribution in [0.1, 0.15) is 33.2 Å². The summed E-state index contributed by atoms with van der Waals surface area (Å²) < 4.78 is 0. The molecule has 3 N–H and O–H groups in total. The molecule has 18 heavy (non-hydrogen) atoms. The lowest BCUT2D eigenvalue weighted by Crippen LogP contribution is -2.19. The van der Waals surface area contributed by atoms with Gasteiger partial charge in [0.15, 0.2) is 0 Å². The Morgan fingerprint density at radius 3 is 1.72 bits per heavy atom. The van der Waals surface area contributed by atoms with Crippen molar-refractivity contribution in [3.05, 3.63) is 58.7 Å². The summed E-state index contributed by atoms with van der Waals surface area (Å²) in [5.74, 6) is -0.850. The average Bonchev–Trinajstić information content (AvgIpc) is 2.35. The second-order valence-corrected chi connectivity index (χ2v) is 4.21. The fourth-order valence-corrected chi connectivity index (χ4v) is 2.36. The molecule has 0 spiro atoms. The van der Waals surface area contributed by atoms with Crippen molar-refractivity contribution < 1.29 is 20.1 Å². The summed E-state index contributed by atoms with van der Waals surface area (Å²) in [6.07, 6.45) is -1.02. The van der Waals surface area contributed by atoms with E-state index in [-0.39, 0.29) is 22.6 Å². The highest BCUT2D eigenvalue weighted by atomic mass is 16.3. The van der Waals surface area contributed by atoms with E-state index in [0.717, 1.165) is 0 Å². The highest BCUT2D eigenvalue weighted by Crippen LogP contribution is 2.41. The molecule has 4 heteroatoms. The van der Waals surface area contributed by atoms with Crippen molar-refractivity contribution in [2.45, 2.75) is 6.10 Å². The van der Waals surface area contributed by atoms with E-state index in [1.165, 1.54) is 12.1 Å². The summed E-state index contributed by atoms with van der Waals surface area (Å²) in [6, 6.07) is 9.08. The van der Waals surface area contributed by atoms with Gasteiger partial charge in [0.1, 0.15) is 17.6 Å². The Morgan fingerprint density at radius 2 is 1.28 bits per heavy atom. The number of ketones is 1. The first kappa shape index (κ1) is 10.8. The molecule has 0 amide bonds. The van der Waals surface area contributed by atoms with Gasteiger partial charge in [0.25, 0.3) is 0 Å². The highest BCUT2D eigenvalue weighted by molar-refractivity contribution is 6.15. The van der Waals surface area contributed by atoms with Gasteiger partial charge >= 0.3 is 0 Å². The summed E-state index contributed by atoms with van der Waals surface area (Å²) in [7, 11) is 0. The molecule has 0 saturated carbocycles. The number of aliphatic hydroxyl groups excluding tert-OH is 1. The second kappa shape index (κ2) is 3.58. The van der Waals surface area contributed by atoms with Crippen LogP contribution in [-0.4, -0.2) is 21.1 Å². The van der Waals surface area contributed by atoms with Crippen LogP contribution in [0.25, 0.3) is 0 Å². The smallest absolute Gasteiger partial charge is 0.201 e. The lowest BCUT2D eigenvalue weighted by molar-refractivity contribution is 0.101. The zero-order chi connectivity index (χ0) is 12.9. The van der Waals surface area contributed by atoms with E-state index in [1.54, 1.807) is 24.3 Å². The topological polar surface area (TPSA) is 77.8 Å². The predicted molar refractivity (Wildman–Crippen MR) is 63.7 cm³/mol. The molecule has 0 saturated heterocycles. The maximum Gasteiger partial charge on any atom is 0.201 e. The molecule has 1 aliphatic rings. The fraction of sp³-hybridized carbons (Fsp3) is 0.0714. The molecule has 0 atom stereocenters. The lowest BCUT2D eigenvalue weighted by Gasteiger charge is -2.24. The summed E-state index contributed by atoms with van der Waals surface area (Å²) in [6.45, 7) is 0. The number of rotatable bonds is 0. The van der Waals surface area contributed by atoms with Gasteiger partial charge in [-0.05, 0) is 23.3 Å². The van der Waals surface area contributed by atoms with Crippen molar-refractivity contribution in [3.8, 4) is 11.5 Å². The van der Waals surface area contributed by atoms with Crippen molar-refractivity contribution >= 4 is 5.78 Å². The standard InChI is InChI=1S/C14H10O4/c15-9-5-1-3-7-11(9)14(18)12-8(13(7)17)4-2-6-10(12)16/h1-6,13,15-17H. The van der Waals surface area contributed by atoms with Gasteiger partial charge in [0.05, 0.1) is 11.1 Å². The highest BCUT2D eigenvalue weighted by Gasteiger charge is 2.33. The summed E-state index contributed by atoms with van der Waals surface area (Å²) >= 11 is 0. The van der Waals surface area contributed by atoms with Crippen LogP contribution in [0.5, 0.6) is 11.5 Å². The molecule has 0 unspecified atom stereocenters. The number of hydrogen-bond acceptors (Lipinski definition) is 4. The van der Waals surface area contributed by atoms with Crippen LogP contribution in [0.4, 0.5) is 0 Å². The average molecular weight is 242 g/mol. The number of aliphatic hydroxyl groups is 1. The predicted octanol–water partition coefficient (Wildman–Crippen LogP) is 1.72. The number of carbonyl (C=O) groups excluding carboxylic acids is 1. The van der Waals surface area contributed by atoms with Crippen LogP contribution < -0.4 is 0 Å². The van der Waals surface area contributed by atoms with Crippen LogP contribution in [-0.2, 0) is 0 Å². The Morgan fingerprint density at radius 1 is 0.833 bits per heavy atom. The number of carbonyl (C=O) groups is 1. The Bertz CT molecular complexity index is 605. The van der Waals surface area contributed by atoms with Crippen LogP contribution >= 0.6 is 0 Å². The monoisotopic (exact) mass is 242 g/mol. The molecule has 0 radical (unpaired) electrons. The lowest BCUT2D eigenvalue weighted by atomic mass is 9.82. The first-order valence-corrected chi connectivity index (χ1v) is 5.47. The van der Waals surface area contributed by atoms with Gasteiger partial charge in [-0.1, -0.05) is 24.3 Å². The largest absolute Gasteiger partial charge is 0.507 e. The van der Waals surface area contributed by atoms with E-state index in [4.69, 9.17) is 0 Å². The Hall–Kier alpha value is -2.33. The molecule has 0 heterocycles. The van der Waals surface area contributed by atoms with Gasteiger partial charge in [-0.3, -0.25) is 4.79 Å². The van der Waals surface area contributed by atoms with Crippen molar-refractivity contribution in [3.63, 3.8) is 0 Å². The zero-order valence-corrected chi connectivity index (χ0v) is 9.29. The molecular formula is C14H10O4. The molecule has 0 aliphatic heterocycles. The molecule has 0 fully saturated rings. The van der Waals surface area contributed by atoms with Crippen molar-refractivity contribution in [1.82, 2.24) is 0 Å². The van der Waals surface area contributed by atoms with Gasteiger partial charge in [0, 0.05) is 0 Å². The minimum Gasteiger partial charge on any atom is -0.507 e. The molecule has 2 aromatic carbocycles. The Labute approximate surface area is 103 Å². The first-order valence-electron chi connectivity index (χ1n) is 5.47. The molecule has 0 aromatic heterocycles. The molecule has 2 aromatic rings. The van der Waals surface area contributed by atoms with E-state index < -0.39 is 11.9 Å². The fourth-order valence-electron chi connectivity index (χ4n) is 2.36. The first-order chi connectivity index (χ1) is 8.61. The molecular weight excluding hydrogens is 232 g/mol. The molecule has 0 bridgehead atoms. The SMILES string of the molecule is O=C1c2c(O)cccc2C(O)c2cccc(O)c21. The number of aromatic hydroxyl groups is 2. The third kappa shape index (κ3) is 1.26. The van der Waals surface area contributed by atoms with Crippen LogP contribution in [0.3, 0.4) is 0 Å². The minimum atomic E-state index is -1.02. The Kier molecular flexibility index (Phi) is 2.15. The van der Waals surface area contributed by atoms with Crippen LogP contribution in [0.15, 0.2) is 36.4 Å². The zero-order valence-electron chi connectivity index (χ0n) is 9.29. The van der Waals surface area contributed by atoms with Crippen molar-refractivity contribution in [2.24, 2.45) is 0 Å². The third-order valence-electron chi connectivity index (χ3n) is 3.19. The van der Waals surface area contributed by atoms with E-state index in [2.05, 4.69) is 0 Å². The van der Waals surface area contributed by atoms with E-state index in [0.29, 0.717) is 11.1 Å². The van der Waals surface area contributed by atoms with Crippen molar-refractivity contribution in [1.29, 1.82) is 0 Å². The number of phenols is 2. The number of fused-ring (bicyclic) bond motifs is 2. The van der Waals surface area contributed by atoms with E-state index >= 15 is 0 Å². The minimum absolute atomic E-state index is 0.0546.